The molecule has 2 fully saturated rings. The summed E-state index contributed by atoms with van der Waals surface area (Å²) in [5.74, 6) is -0.743. The minimum Gasteiger partial charge on any atom is -0.321 e. The van der Waals surface area contributed by atoms with Crippen molar-refractivity contribution >= 4 is 22.9 Å². The molecule has 1 heterocycles. The average Bonchev–Trinajstić information content (AvgIpc) is 3.43. The molecule has 0 spiro atoms. The fourth-order valence-electron chi connectivity index (χ4n) is 2.41. The highest BCUT2D eigenvalue weighted by molar-refractivity contribution is 7.11. The zero-order chi connectivity index (χ0) is 16.7. The van der Waals surface area contributed by atoms with Crippen molar-refractivity contribution in [1.82, 2.24) is 4.57 Å². The molecule has 4 rings (SSSR count). The Labute approximate surface area is 141 Å². The highest BCUT2D eigenvalue weighted by Crippen LogP contribution is 2.32. The fourth-order valence-corrected chi connectivity index (χ4v) is 3.45. The molecule has 2 aliphatic carbocycles. The van der Waals surface area contributed by atoms with Gasteiger partial charge in [0.25, 0.3) is 11.5 Å². The number of carbonyl (C=O) groups is 1. The molecule has 5 nitrogen and oxygen atoms in total. The summed E-state index contributed by atoms with van der Waals surface area (Å²) in [6.45, 7) is 0. The molecule has 1 N–H and O–H groups in total. The molecule has 2 aromatic rings. The summed E-state index contributed by atoms with van der Waals surface area (Å²) in [5.41, 5.74) is 0.306. The molecule has 1 amide bonds. The van der Waals surface area contributed by atoms with Crippen LogP contribution in [0.25, 0.3) is 0 Å². The van der Waals surface area contributed by atoms with Crippen LogP contribution in [-0.2, 0) is 0 Å². The molecule has 0 saturated heterocycles. The van der Waals surface area contributed by atoms with Crippen LogP contribution in [0.4, 0.5) is 10.1 Å². The van der Waals surface area contributed by atoms with Crippen molar-refractivity contribution in [2.75, 3.05) is 5.32 Å². The minimum atomic E-state index is -0.376. The second-order valence-corrected chi connectivity index (χ2v) is 7.16. The van der Waals surface area contributed by atoms with Gasteiger partial charge in [0.05, 0.1) is 6.04 Å². The third-order valence-electron chi connectivity index (χ3n) is 3.98. The monoisotopic (exact) mass is 345 g/mol. The number of aromatic nitrogens is 1. The summed E-state index contributed by atoms with van der Waals surface area (Å²) >= 11 is 1.24. The largest absolute Gasteiger partial charge is 0.321 e. The van der Waals surface area contributed by atoms with E-state index in [1.54, 1.807) is 4.57 Å². The summed E-state index contributed by atoms with van der Waals surface area (Å²) in [6.07, 6.45) is 4.05. The number of nitrogens with zero attached hydrogens (tertiary/aromatic N) is 2. The zero-order valence-electron chi connectivity index (χ0n) is 12.9. The summed E-state index contributed by atoms with van der Waals surface area (Å²) in [4.78, 5) is 30.4. The zero-order valence-corrected chi connectivity index (χ0v) is 13.7. The number of halogens is 1. The molecule has 7 heteroatoms. The quantitative estimate of drug-likeness (QED) is 0.926. The molecule has 0 radical (unpaired) electrons. The van der Waals surface area contributed by atoms with Crippen LogP contribution in [0.5, 0.6) is 0 Å². The fraction of sp³-hybridized carbons (Fsp3) is 0.353. The van der Waals surface area contributed by atoms with Crippen LogP contribution < -0.4 is 15.7 Å². The number of anilines is 1. The number of hydrogen-bond acceptors (Lipinski definition) is 4. The smallest absolute Gasteiger partial charge is 0.266 e. The lowest BCUT2D eigenvalue weighted by Crippen LogP contribution is -2.32. The van der Waals surface area contributed by atoms with Gasteiger partial charge < -0.3 is 5.32 Å². The predicted octanol–water partition coefficient (Wildman–Crippen LogP) is 2.70. The molecule has 0 unspecified atom stereocenters. The van der Waals surface area contributed by atoms with Gasteiger partial charge in [-0.3, -0.25) is 19.1 Å². The first-order valence-corrected chi connectivity index (χ1v) is 8.79. The summed E-state index contributed by atoms with van der Waals surface area (Å²) in [7, 11) is 0. The van der Waals surface area contributed by atoms with E-state index in [4.69, 9.17) is 0 Å². The Balaban J connectivity index is 1.67. The Morgan fingerprint density at radius 3 is 2.54 bits per heavy atom. The Kier molecular flexibility index (Phi) is 3.80. The van der Waals surface area contributed by atoms with Crippen LogP contribution in [0.15, 0.2) is 40.1 Å². The molecule has 2 aliphatic rings. The Bertz CT molecular complexity index is 909. The number of hydrogen-bond donors (Lipinski definition) is 1. The van der Waals surface area contributed by atoms with Crippen LogP contribution in [0.2, 0.25) is 0 Å². The van der Waals surface area contributed by atoms with E-state index in [1.807, 2.05) is 0 Å². The van der Waals surface area contributed by atoms with E-state index < -0.39 is 0 Å². The Morgan fingerprint density at radius 2 is 1.92 bits per heavy atom. The third kappa shape index (κ3) is 3.31. The Morgan fingerprint density at radius 1 is 1.21 bits per heavy atom. The summed E-state index contributed by atoms with van der Waals surface area (Å²) in [5, 5.41) is 2.69. The maximum Gasteiger partial charge on any atom is 0.266 e. The van der Waals surface area contributed by atoms with E-state index >= 15 is 0 Å². The van der Waals surface area contributed by atoms with E-state index in [2.05, 4.69) is 10.3 Å². The van der Waals surface area contributed by atoms with Gasteiger partial charge in [0.1, 0.15) is 10.7 Å². The second kappa shape index (κ2) is 5.98. The van der Waals surface area contributed by atoms with Crippen LogP contribution in [0, 0.1) is 5.82 Å². The van der Waals surface area contributed by atoms with Gasteiger partial charge in [-0.25, -0.2) is 4.39 Å². The molecular formula is C17H16FN3O2S. The first-order valence-electron chi connectivity index (χ1n) is 7.97. The molecule has 124 valence electrons. The molecule has 2 saturated carbocycles. The molecular weight excluding hydrogens is 329 g/mol. The van der Waals surface area contributed by atoms with E-state index in [1.165, 1.54) is 41.7 Å². The number of rotatable bonds is 4. The Hall–Kier alpha value is -2.28. The van der Waals surface area contributed by atoms with Crippen LogP contribution in [-0.4, -0.2) is 16.5 Å². The second-order valence-electron chi connectivity index (χ2n) is 6.15. The van der Waals surface area contributed by atoms with E-state index in [-0.39, 0.29) is 29.4 Å². The van der Waals surface area contributed by atoms with Gasteiger partial charge in [0, 0.05) is 17.8 Å². The number of amides is 1. The predicted molar refractivity (Wildman–Crippen MR) is 89.8 cm³/mol. The maximum absolute atomic E-state index is 12.9. The van der Waals surface area contributed by atoms with Gasteiger partial charge in [0.2, 0.25) is 0 Å². The van der Waals surface area contributed by atoms with Gasteiger partial charge in [-0.15, -0.1) is 0 Å². The van der Waals surface area contributed by atoms with Gasteiger partial charge >= 0.3 is 0 Å². The van der Waals surface area contributed by atoms with Gasteiger partial charge in [-0.05, 0) is 49.9 Å². The van der Waals surface area contributed by atoms with E-state index in [9.17, 15) is 14.0 Å². The molecule has 1 aromatic carbocycles. The van der Waals surface area contributed by atoms with E-state index in [0.717, 1.165) is 25.7 Å². The lowest BCUT2D eigenvalue weighted by molar-refractivity contribution is 0.103. The van der Waals surface area contributed by atoms with Crippen molar-refractivity contribution in [3.8, 4) is 0 Å². The number of carbonyl (C=O) groups excluding carboxylic acids is 1. The third-order valence-corrected chi connectivity index (χ3v) is 4.98. The SMILES string of the molecule is O=C(Nc1ccc(F)cc1)c1cc(=O)n(C2CC2)c(=NC2CC2)s1. The van der Waals surface area contributed by atoms with Crippen molar-refractivity contribution < 1.29 is 9.18 Å². The minimum absolute atomic E-state index is 0.181. The molecule has 24 heavy (non-hydrogen) atoms. The standard InChI is InChI=1S/C17H16FN3O2S/c18-10-1-3-11(4-2-10)19-16(23)14-9-15(22)21(13-7-8-13)17(24-14)20-12-5-6-12/h1-4,9,12-13H,5-8H2,(H,19,23). The maximum atomic E-state index is 12.9. The topological polar surface area (TPSA) is 63.5 Å². The van der Waals surface area contributed by atoms with Crippen LogP contribution in [0.1, 0.15) is 41.4 Å². The highest BCUT2D eigenvalue weighted by Gasteiger charge is 2.28. The summed E-state index contributed by atoms with van der Waals surface area (Å²) in [6, 6.07) is 7.39. The molecule has 0 bridgehead atoms. The normalized spacial score (nSPS) is 17.8. The molecule has 0 aliphatic heterocycles. The van der Waals surface area contributed by atoms with Crippen LogP contribution in [0.3, 0.4) is 0 Å². The first-order chi connectivity index (χ1) is 11.6. The number of benzene rings is 1. The average molecular weight is 345 g/mol. The van der Waals surface area contributed by atoms with Crippen molar-refractivity contribution in [2.45, 2.75) is 37.8 Å². The molecule has 1 aromatic heterocycles. The summed E-state index contributed by atoms with van der Waals surface area (Å²) < 4.78 is 14.7. The molecule has 0 atom stereocenters. The van der Waals surface area contributed by atoms with E-state index in [0.29, 0.717) is 15.4 Å². The van der Waals surface area contributed by atoms with Crippen molar-refractivity contribution in [3.05, 3.63) is 56.2 Å². The van der Waals surface area contributed by atoms with Crippen molar-refractivity contribution in [1.29, 1.82) is 0 Å². The van der Waals surface area contributed by atoms with Gasteiger partial charge in [-0.1, -0.05) is 11.3 Å². The van der Waals surface area contributed by atoms with Crippen LogP contribution >= 0.6 is 11.3 Å². The lowest BCUT2D eigenvalue weighted by atomic mass is 10.3. The van der Waals surface area contributed by atoms with Gasteiger partial charge in [0.15, 0.2) is 4.80 Å². The van der Waals surface area contributed by atoms with Gasteiger partial charge in [-0.2, -0.15) is 0 Å². The van der Waals surface area contributed by atoms with Crippen molar-refractivity contribution in [3.63, 3.8) is 0 Å². The van der Waals surface area contributed by atoms with Crippen molar-refractivity contribution in [2.24, 2.45) is 4.99 Å². The first kappa shape index (κ1) is 15.3. The lowest BCUT2D eigenvalue weighted by Gasteiger charge is -2.08. The number of nitrogens with one attached hydrogen (secondary N) is 1. The highest BCUT2D eigenvalue weighted by atomic mass is 32.1.